The Bertz CT molecular complexity index is 217. The number of rotatable bonds is 0. The van der Waals surface area contributed by atoms with Gasteiger partial charge in [-0.05, 0) is 5.41 Å². The summed E-state index contributed by atoms with van der Waals surface area (Å²) >= 11 is 1.14. The summed E-state index contributed by atoms with van der Waals surface area (Å²) in [7, 11) is 0. The zero-order chi connectivity index (χ0) is 8.65. The molecule has 1 atom stereocenters. The molecule has 0 saturated carbocycles. The van der Waals surface area contributed by atoms with Crippen LogP contribution in [0.3, 0.4) is 0 Å². The SMILES string of the molecule is CC(C)(C)C1SC(O)=NC1=O. The summed E-state index contributed by atoms with van der Waals surface area (Å²) in [6.45, 7) is 5.87. The van der Waals surface area contributed by atoms with Crippen LogP contribution < -0.4 is 0 Å². The molecule has 1 aliphatic heterocycles. The Morgan fingerprint density at radius 1 is 1.55 bits per heavy atom. The van der Waals surface area contributed by atoms with E-state index < -0.39 is 0 Å². The van der Waals surface area contributed by atoms with E-state index in [0.29, 0.717) is 0 Å². The molecule has 4 heteroatoms. The molecule has 3 nitrogen and oxygen atoms in total. The molecule has 1 heterocycles. The second kappa shape index (κ2) is 2.52. The number of nitrogens with zero attached hydrogens (tertiary/aromatic N) is 1. The zero-order valence-corrected chi connectivity index (χ0v) is 7.60. The minimum Gasteiger partial charge on any atom is -0.488 e. The van der Waals surface area contributed by atoms with Crippen LogP contribution in [0.4, 0.5) is 0 Å². The Labute approximate surface area is 69.9 Å². The van der Waals surface area contributed by atoms with Gasteiger partial charge in [0.25, 0.3) is 11.1 Å². The Kier molecular flexibility index (Phi) is 1.96. The highest BCUT2D eigenvalue weighted by Gasteiger charge is 2.37. The standard InChI is InChI=1S/C7H11NO2S/c1-7(2,3)4-5(9)8-6(10)11-4/h4H,1-3H3,(H,8,9,10). The first-order valence-corrected chi connectivity index (χ1v) is 4.27. The molecule has 1 amide bonds. The molecule has 62 valence electrons. The Balaban J connectivity index is 2.75. The predicted octanol–water partition coefficient (Wildman–Crippen LogP) is 1.59. The van der Waals surface area contributed by atoms with Crippen LogP contribution in [0, 0.1) is 5.41 Å². The van der Waals surface area contributed by atoms with E-state index in [1.54, 1.807) is 0 Å². The summed E-state index contributed by atoms with van der Waals surface area (Å²) in [5, 5.41) is 8.60. The second-order valence-corrected chi connectivity index (χ2v) is 4.67. The highest BCUT2D eigenvalue weighted by atomic mass is 32.2. The van der Waals surface area contributed by atoms with E-state index in [1.165, 1.54) is 0 Å². The van der Waals surface area contributed by atoms with E-state index in [-0.39, 0.29) is 21.8 Å². The second-order valence-electron chi connectivity index (χ2n) is 3.60. The lowest BCUT2D eigenvalue weighted by molar-refractivity contribution is -0.118. The van der Waals surface area contributed by atoms with Crippen LogP contribution in [-0.2, 0) is 4.79 Å². The van der Waals surface area contributed by atoms with Crippen molar-refractivity contribution in [2.75, 3.05) is 0 Å². The van der Waals surface area contributed by atoms with Gasteiger partial charge in [0.2, 0.25) is 0 Å². The highest BCUT2D eigenvalue weighted by Crippen LogP contribution is 2.35. The van der Waals surface area contributed by atoms with Gasteiger partial charge in [0.1, 0.15) is 5.25 Å². The van der Waals surface area contributed by atoms with Crippen LogP contribution >= 0.6 is 11.8 Å². The van der Waals surface area contributed by atoms with E-state index in [0.717, 1.165) is 11.8 Å². The molecule has 0 bridgehead atoms. The first kappa shape index (κ1) is 8.59. The van der Waals surface area contributed by atoms with Crippen molar-refractivity contribution >= 4 is 22.9 Å². The number of hydrogen-bond donors (Lipinski definition) is 1. The number of carbonyl (C=O) groups is 1. The predicted molar refractivity (Wildman–Crippen MR) is 45.9 cm³/mol. The molecule has 0 aromatic heterocycles. The number of amides is 1. The van der Waals surface area contributed by atoms with Crippen LogP contribution in [0.5, 0.6) is 0 Å². The molecular weight excluding hydrogens is 162 g/mol. The van der Waals surface area contributed by atoms with Crippen LogP contribution in [0.25, 0.3) is 0 Å². The molecule has 0 radical (unpaired) electrons. The van der Waals surface area contributed by atoms with Crippen molar-refractivity contribution in [3.8, 4) is 0 Å². The summed E-state index contributed by atoms with van der Waals surface area (Å²) in [5.41, 5.74) is -0.129. The topological polar surface area (TPSA) is 49.7 Å². The summed E-state index contributed by atoms with van der Waals surface area (Å²) in [4.78, 5) is 14.5. The third-order valence-corrected chi connectivity index (χ3v) is 2.89. The van der Waals surface area contributed by atoms with E-state index in [9.17, 15) is 4.79 Å². The Morgan fingerprint density at radius 3 is 2.27 bits per heavy atom. The maximum absolute atomic E-state index is 11.1. The fraction of sp³-hybridized carbons (Fsp3) is 0.714. The van der Waals surface area contributed by atoms with Gasteiger partial charge < -0.3 is 5.11 Å². The molecular formula is C7H11NO2S. The van der Waals surface area contributed by atoms with E-state index in [4.69, 9.17) is 5.11 Å². The molecule has 1 rings (SSSR count). The summed E-state index contributed by atoms with van der Waals surface area (Å²) in [6, 6.07) is 0. The molecule has 0 fully saturated rings. The van der Waals surface area contributed by atoms with Crippen molar-refractivity contribution < 1.29 is 9.90 Å². The first-order valence-electron chi connectivity index (χ1n) is 3.39. The fourth-order valence-corrected chi connectivity index (χ4v) is 1.74. The quantitative estimate of drug-likeness (QED) is 0.605. The average molecular weight is 173 g/mol. The highest BCUT2D eigenvalue weighted by molar-refractivity contribution is 8.15. The summed E-state index contributed by atoms with van der Waals surface area (Å²) in [5.74, 6) is -0.222. The van der Waals surface area contributed by atoms with Crippen molar-refractivity contribution in [2.45, 2.75) is 26.0 Å². The molecule has 0 aliphatic carbocycles. The molecule has 0 spiro atoms. The first-order chi connectivity index (χ1) is 4.91. The molecule has 1 unspecified atom stereocenters. The third kappa shape index (κ3) is 1.74. The van der Waals surface area contributed by atoms with Crippen molar-refractivity contribution in [2.24, 2.45) is 10.4 Å². The van der Waals surface area contributed by atoms with Crippen molar-refractivity contribution in [3.05, 3.63) is 0 Å². The minimum absolute atomic E-state index is 0.102. The lowest BCUT2D eigenvalue weighted by atomic mass is 9.91. The number of aliphatic hydroxyl groups is 1. The Morgan fingerprint density at radius 2 is 2.09 bits per heavy atom. The van der Waals surface area contributed by atoms with Gasteiger partial charge in [-0.1, -0.05) is 32.5 Å². The van der Waals surface area contributed by atoms with Crippen LogP contribution in [0.15, 0.2) is 4.99 Å². The molecule has 1 N–H and O–H groups in total. The van der Waals surface area contributed by atoms with Gasteiger partial charge >= 0.3 is 0 Å². The number of aliphatic hydroxyl groups excluding tert-OH is 1. The van der Waals surface area contributed by atoms with Crippen LogP contribution in [0.1, 0.15) is 20.8 Å². The van der Waals surface area contributed by atoms with Gasteiger partial charge in [0, 0.05) is 0 Å². The van der Waals surface area contributed by atoms with Crippen molar-refractivity contribution in [1.82, 2.24) is 0 Å². The molecule has 11 heavy (non-hydrogen) atoms. The summed E-state index contributed by atoms with van der Waals surface area (Å²) in [6.07, 6.45) is 0. The molecule has 0 aromatic rings. The van der Waals surface area contributed by atoms with Crippen LogP contribution in [-0.4, -0.2) is 21.5 Å². The van der Waals surface area contributed by atoms with Crippen molar-refractivity contribution in [3.63, 3.8) is 0 Å². The van der Waals surface area contributed by atoms with Gasteiger partial charge in [-0.2, -0.15) is 4.99 Å². The zero-order valence-electron chi connectivity index (χ0n) is 6.79. The van der Waals surface area contributed by atoms with Gasteiger partial charge in [0.15, 0.2) is 0 Å². The fourth-order valence-electron chi connectivity index (χ4n) is 0.882. The minimum atomic E-state index is -0.222. The number of thioether (sulfide) groups is 1. The van der Waals surface area contributed by atoms with Gasteiger partial charge in [-0.25, -0.2) is 0 Å². The normalized spacial score (nSPS) is 25.5. The lowest BCUT2D eigenvalue weighted by Gasteiger charge is -2.22. The number of carbonyl (C=O) groups excluding carboxylic acids is 1. The Hall–Kier alpha value is -0.510. The molecule has 0 aromatic carbocycles. The summed E-state index contributed by atoms with van der Waals surface area (Å²) < 4.78 is 0. The van der Waals surface area contributed by atoms with Gasteiger partial charge in [-0.15, -0.1) is 0 Å². The van der Waals surface area contributed by atoms with Crippen LogP contribution in [0.2, 0.25) is 0 Å². The lowest BCUT2D eigenvalue weighted by Crippen LogP contribution is -2.27. The third-order valence-electron chi connectivity index (χ3n) is 1.44. The average Bonchev–Trinajstić information content (AvgIpc) is 2.08. The molecule has 1 aliphatic rings. The smallest absolute Gasteiger partial charge is 0.263 e. The van der Waals surface area contributed by atoms with E-state index in [2.05, 4.69) is 4.99 Å². The largest absolute Gasteiger partial charge is 0.488 e. The van der Waals surface area contributed by atoms with Gasteiger partial charge in [0.05, 0.1) is 0 Å². The number of hydrogen-bond acceptors (Lipinski definition) is 2. The monoisotopic (exact) mass is 173 g/mol. The maximum atomic E-state index is 11.1. The maximum Gasteiger partial charge on any atom is 0.263 e. The van der Waals surface area contributed by atoms with Gasteiger partial charge in [-0.3, -0.25) is 4.79 Å². The van der Waals surface area contributed by atoms with Crippen molar-refractivity contribution in [1.29, 1.82) is 0 Å². The number of aliphatic imine (C=N–C) groups is 1. The van der Waals surface area contributed by atoms with E-state index in [1.807, 2.05) is 20.8 Å². The van der Waals surface area contributed by atoms with E-state index >= 15 is 0 Å². The molecule has 0 saturated heterocycles.